The number of pyridine rings is 1. The van der Waals surface area contributed by atoms with Crippen LogP contribution in [0.15, 0.2) is 42.9 Å². The molecule has 0 unspecified atom stereocenters. The van der Waals surface area contributed by atoms with E-state index in [2.05, 4.69) is 25.2 Å². The average Bonchev–Trinajstić information content (AvgIpc) is 3.20. The van der Waals surface area contributed by atoms with E-state index >= 15 is 0 Å². The number of fused-ring (bicyclic) bond motifs is 1. The number of aromatic nitrogens is 5. The lowest BCUT2D eigenvalue weighted by Crippen LogP contribution is -2.59. The van der Waals surface area contributed by atoms with Crippen molar-refractivity contribution in [2.24, 2.45) is 0 Å². The van der Waals surface area contributed by atoms with Crippen LogP contribution < -0.4 is 9.64 Å². The van der Waals surface area contributed by atoms with E-state index in [4.69, 9.17) is 4.74 Å². The second kappa shape index (κ2) is 5.34. The van der Waals surface area contributed by atoms with E-state index in [9.17, 15) is 0 Å². The largest absolute Gasteiger partial charge is 0.473 e. The minimum Gasteiger partial charge on any atom is -0.473 e. The lowest BCUT2D eigenvalue weighted by molar-refractivity contribution is 0.194. The summed E-state index contributed by atoms with van der Waals surface area (Å²) in [4.78, 5) is 6.55. The number of hydrogen-bond donors (Lipinski definition) is 0. The highest BCUT2D eigenvalue weighted by atomic mass is 32.2. The first-order valence-corrected chi connectivity index (χ1v) is 8.92. The quantitative estimate of drug-likeness (QED) is 0.718. The summed E-state index contributed by atoms with van der Waals surface area (Å²) in [6.07, 6.45) is 4.69. The first-order chi connectivity index (χ1) is 11.8. The summed E-state index contributed by atoms with van der Waals surface area (Å²) in [5, 5.41) is 12.4. The molecule has 0 amide bonds. The van der Waals surface area contributed by atoms with Gasteiger partial charge in [-0.15, -0.1) is 27.1 Å². The van der Waals surface area contributed by atoms with Gasteiger partial charge in [-0.2, -0.15) is 4.52 Å². The Balaban J connectivity index is 1.24. The van der Waals surface area contributed by atoms with Crippen molar-refractivity contribution in [3.8, 4) is 5.88 Å². The first kappa shape index (κ1) is 14.0. The maximum atomic E-state index is 6.01. The molecule has 0 saturated carbocycles. The molecule has 1 atom stereocenters. The fourth-order valence-electron chi connectivity index (χ4n) is 3.38. The zero-order valence-corrected chi connectivity index (χ0v) is 13.8. The molecule has 0 aliphatic carbocycles. The summed E-state index contributed by atoms with van der Waals surface area (Å²) >= 11 is 2.01. The number of thioether (sulfide) groups is 1. The van der Waals surface area contributed by atoms with Gasteiger partial charge in [0, 0.05) is 37.5 Å². The van der Waals surface area contributed by atoms with Gasteiger partial charge < -0.3 is 9.64 Å². The van der Waals surface area contributed by atoms with Gasteiger partial charge in [0.1, 0.15) is 18.2 Å². The SMILES string of the molecule is c1ccc(O[C@@H]2CSC3(C2)CN(c2ccc4nncn4n2)C3)nc1. The van der Waals surface area contributed by atoms with Crippen molar-refractivity contribution in [1.29, 1.82) is 0 Å². The third-order valence-electron chi connectivity index (χ3n) is 4.53. The molecule has 1 spiro atoms. The van der Waals surface area contributed by atoms with Crippen LogP contribution >= 0.6 is 11.8 Å². The van der Waals surface area contributed by atoms with E-state index in [1.54, 1.807) is 17.0 Å². The number of ether oxygens (including phenoxy) is 1. The van der Waals surface area contributed by atoms with Crippen LogP contribution in [-0.4, -0.2) is 54.5 Å². The minimum atomic E-state index is 0.236. The molecule has 0 N–H and O–H groups in total. The van der Waals surface area contributed by atoms with Crippen molar-refractivity contribution in [1.82, 2.24) is 24.8 Å². The molecule has 7 nitrogen and oxygen atoms in total. The molecule has 2 saturated heterocycles. The summed E-state index contributed by atoms with van der Waals surface area (Å²) in [6, 6.07) is 9.74. The van der Waals surface area contributed by atoms with E-state index < -0.39 is 0 Å². The zero-order chi connectivity index (χ0) is 16.0. The summed E-state index contributed by atoms with van der Waals surface area (Å²) < 4.78 is 8.01. The van der Waals surface area contributed by atoms with Gasteiger partial charge in [0.15, 0.2) is 5.65 Å². The third kappa shape index (κ3) is 2.37. The molecule has 0 aromatic carbocycles. The van der Waals surface area contributed by atoms with E-state index in [0.717, 1.165) is 42.6 Å². The smallest absolute Gasteiger partial charge is 0.213 e. The van der Waals surface area contributed by atoms with Gasteiger partial charge in [-0.3, -0.25) is 0 Å². The molecular formula is C16H16N6OS. The number of nitrogens with zero attached hydrogens (tertiary/aromatic N) is 6. The molecule has 5 rings (SSSR count). The highest BCUT2D eigenvalue weighted by Crippen LogP contribution is 2.46. The molecule has 2 aliphatic rings. The molecule has 0 radical (unpaired) electrons. The van der Waals surface area contributed by atoms with Gasteiger partial charge in [0.25, 0.3) is 0 Å². The molecule has 2 aliphatic heterocycles. The maximum Gasteiger partial charge on any atom is 0.213 e. The Hall–Kier alpha value is -2.35. The summed E-state index contributed by atoms with van der Waals surface area (Å²) in [5.74, 6) is 2.71. The Morgan fingerprint density at radius 1 is 1.21 bits per heavy atom. The van der Waals surface area contributed by atoms with Crippen molar-refractivity contribution >= 4 is 23.2 Å². The Kier molecular flexibility index (Phi) is 3.12. The van der Waals surface area contributed by atoms with Crippen LogP contribution in [0, 0.1) is 0 Å². The van der Waals surface area contributed by atoms with Gasteiger partial charge in [-0.1, -0.05) is 6.07 Å². The normalized spacial score (nSPS) is 22.0. The van der Waals surface area contributed by atoms with Crippen LogP contribution in [0.5, 0.6) is 5.88 Å². The Labute approximate surface area is 143 Å². The Morgan fingerprint density at radius 3 is 3.04 bits per heavy atom. The average molecular weight is 340 g/mol. The van der Waals surface area contributed by atoms with E-state index in [0.29, 0.717) is 0 Å². The molecule has 3 aromatic rings. The van der Waals surface area contributed by atoms with Gasteiger partial charge >= 0.3 is 0 Å². The third-order valence-corrected chi connectivity index (χ3v) is 6.11. The van der Waals surface area contributed by atoms with Crippen LogP contribution in [0.2, 0.25) is 0 Å². The van der Waals surface area contributed by atoms with Gasteiger partial charge in [-0.25, -0.2) is 4.98 Å². The highest BCUT2D eigenvalue weighted by molar-refractivity contribution is 8.01. The van der Waals surface area contributed by atoms with Crippen LogP contribution in [0.25, 0.3) is 5.65 Å². The highest BCUT2D eigenvalue weighted by Gasteiger charge is 2.50. The molecule has 8 heteroatoms. The van der Waals surface area contributed by atoms with Crippen molar-refractivity contribution in [2.75, 3.05) is 23.7 Å². The second-order valence-corrected chi connectivity index (χ2v) is 7.78. The predicted molar refractivity (Wildman–Crippen MR) is 91.5 cm³/mol. The van der Waals surface area contributed by atoms with Crippen LogP contribution in [0.4, 0.5) is 5.82 Å². The second-order valence-electron chi connectivity index (χ2n) is 6.29. The van der Waals surface area contributed by atoms with Gasteiger partial charge in [0.05, 0.1) is 4.75 Å². The molecule has 122 valence electrons. The van der Waals surface area contributed by atoms with Crippen molar-refractivity contribution in [3.05, 3.63) is 42.9 Å². The molecule has 2 fully saturated rings. The molecule has 5 heterocycles. The van der Waals surface area contributed by atoms with Crippen molar-refractivity contribution < 1.29 is 4.74 Å². The van der Waals surface area contributed by atoms with Crippen LogP contribution in [0.3, 0.4) is 0 Å². The van der Waals surface area contributed by atoms with Crippen molar-refractivity contribution in [3.63, 3.8) is 0 Å². The van der Waals surface area contributed by atoms with E-state index in [1.165, 1.54) is 0 Å². The van der Waals surface area contributed by atoms with E-state index in [1.807, 2.05) is 42.1 Å². The van der Waals surface area contributed by atoms with Gasteiger partial charge in [0.2, 0.25) is 5.88 Å². The van der Waals surface area contributed by atoms with Crippen molar-refractivity contribution in [2.45, 2.75) is 17.3 Å². The van der Waals surface area contributed by atoms with Gasteiger partial charge in [-0.05, 0) is 18.2 Å². The topological polar surface area (TPSA) is 68.4 Å². The van der Waals surface area contributed by atoms with E-state index in [-0.39, 0.29) is 10.9 Å². The minimum absolute atomic E-state index is 0.236. The lowest BCUT2D eigenvalue weighted by Gasteiger charge is -2.47. The molecule has 0 bridgehead atoms. The number of rotatable bonds is 3. The Bertz CT molecular complexity index is 863. The molecule has 3 aromatic heterocycles. The monoisotopic (exact) mass is 340 g/mol. The lowest BCUT2D eigenvalue weighted by atomic mass is 9.93. The summed E-state index contributed by atoms with van der Waals surface area (Å²) in [7, 11) is 0. The number of hydrogen-bond acceptors (Lipinski definition) is 7. The number of anilines is 1. The predicted octanol–water partition coefficient (Wildman–Crippen LogP) is 1.66. The first-order valence-electron chi connectivity index (χ1n) is 7.93. The molecule has 24 heavy (non-hydrogen) atoms. The zero-order valence-electron chi connectivity index (χ0n) is 12.9. The van der Waals surface area contributed by atoms with Crippen LogP contribution in [-0.2, 0) is 0 Å². The standard InChI is InChI=1S/C16H16N6OS/c1-2-6-17-15(3-1)23-12-7-16(24-8-12)9-21(10-16)14-5-4-13-19-18-11-22(13)20-14/h1-6,11-12H,7-10H2/t12-/m0/s1. The Morgan fingerprint density at radius 2 is 2.17 bits per heavy atom. The fourth-order valence-corrected chi connectivity index (χ4v) is 4.91. The summed E-state index contributed by atoms with van der Waals surface area (Å²) in [5.41, 5.74) is 0.771. The molecular weight excluding hydrogens is 324 g/mol. The summed E-state index contributed by atoms with van der Waals surface area (Å²) in [6.45, 7) is 2.00. The fraction of sp³-hybridized carbons (Fsp3) is 0.375. The maximum absolute atomic E-state index is 6.01. The van der Waals surface area contributed by atoms with Crippen LogP contribution in [0.1, 0.15) is 6.42 Å².